The summed E-state index contributed by atoms with van der Waals surface area (Å²) < 4.78 is 0. The van der Waals surface area contributed by atoms with Crippen LogP contribution in [0.1, 0.15) is 26.2 Å². The molecule has 0 heterocycles. The van der Waals surface area contributed by atoms with Gasteiger partial charge in [0.25, 0.3) is 0 Å². The van der Waals surface area contributed by atoms with Gasteiger partial charge in [0.15, 0.2) is 0 Å². The minimum atomic E-state index is -0.929. The van der Waals surface area contributed by atoms with E-state index in [1.54, 1.807) is 19.1 Å². The van der Waals surface area contributed by atoms with E-state index in [4.69, 9.17) is 23.2 Å². The number of nitrogens with one attached hydrogen (secondary N) is 2. The Morgan fingerprint density at radius 2 is 2.10 bits per heavy atom. The summed E-state index contributed by atoms with van der Waals surface area (Å²) in [6.07, 6.45) is 1.97. The summed E-state index contributed by atoms with van der Waals surface area (Å²) in [7, 11) is 0. The maximum atomic E-state index is 12.0. The van der Waals surface area contributed by atoms with Crippen molar-refractivity contribution in [2.75, 3.05) is 5.32 Å². The van der Waals surface area contributed by atoms with E-state index in [0.29, 0.717) is 28.6 Å². The zero-order valence-corrected chi connectivity index (χ0v) is 13.0. The molecule has 0 spiro atoms. The predicted octanol–water partition coefficient (Wildman–Crippen LogP) is 3.76. The second kappa shape index (κ2) is 6.12. The van der Waals surface area contributed by atoms with Gasteiger partial charge in [-0.15, -0.1) is 0 Å². The van der Waals surface area contributed by atoms with Gasteiger partial charge in [0, 0.05) is 11.1 Å². The van der Waals surface area contributed by atoms with Gasteiger partial charge in [-0.05, 0) is 38.0 Å². The van der Waals surface area contributed by atoms with Crippen molar-refractivity contribution in [3.63, 3.8) is 0 Å². The van der Waals surface area contributed by atoms with E-state index in [0.717, 1.165) is 6.42 Å². The Hall–Kier alpha value is -1.46. The highest BCUT2D eigenvalue weighted by Crippen LogP contribution is 2.38. The number of aliphatic carboxylic acids is 1. The number of halogens is 2. The summed E-state index contributed by atoms with van der Waals surface area (Å²) in [6, 6.07) is 3.85. The van der Waals surface area contributed by atoms with Gasteiger partial charge in [0.05, 0.1) is 16.1 Å². The van der Waals surface area contributed by atoms with Crippen LogP contribution in [-0.2, 0) is 4.79 Å². The lowest BCUT2D eigenvalue weighted by Gasteiger charge is -2.27. The van der Waals surface area contributed by atoms with Crippen LogP contribution >= 0.6 is 23.2 Å². The lowest BCUT2D eigenvalue weighted by Crippen LogP contribution is -2.48. The summed E-state index contributed by atoms with van der Waals surface area (Å²) in [5, 5.41) is 15.4. The van der Waals surface area contributed by atoms with Gasteiger partial charge < -0.3 is 15.7 Å². The lowest BCUT2D eigenvalue weighted by molar-refractivity contribution is -0.148. The van der Waals surface area contributed by atoms with E-state index in [-0.39, 0.29) is 0 Å². The highest BCUT2D eigenvalue weighted by Gasteiger charge is 2.45. The summed E-state index contributed by atoms with van der Waals surface area (Å²) in [5.74, 6) is -0.894. The molecule has 1 saturated carbocycles. The number of carbonyl (C=O) groups excluding carboxylic acids is 1. The molecule has 0 aromatic heterocycles. The SMILES string of the molecule is CC1(C(=O)O)CCCC1NC(=O)Nc1ccc(Cl)cc1Cl. The van der Waals surface area contributed by atoms with Gasteiger partial charge in [-0.3, -0.25) is 4.79 Å². The zero-order valence-electron chi connectivity index (χ0n) is 11.5. The Morgan fingerprint density at radius 1 is 1.38 bits per heavy atom. The first-order chi connectivity index (χ1) is 9.83. The first kappa shape index (κ1) is 15.9. The Morgan fingerprint density at radius 3 is 2.71 bits per heavy atom. The van der Waals surface area contributed by atoms with E-state index in [2.05, 4.69) is 10.6 Å². The molecule has 114 valence electrons. The van der Waals surface area contributed by atoms with E-state index in [1.807, 2.05) is 0 Å². The van der Waals surface area contributed by atoms with Gasteiger partial charge in [0.2, 0.25) is 0 Å². The van der Waals surface area contributed by atoms with Crippen molar-refractivity contribution in [1.82, 2.24) is 5.32 Å². The van der Waals surface area contributed by atoms with Gasteiger partial charge in [0.1, 0.15) is 0 Å². The van der Waals surface area contributed by atoms with Crippen LogP contribution in [0.2, 0.25) is 10.0 Å². The molecule has 1 aliphatic rings. The van der Waals surface area contributed by atoms with Crippen LogP contribution < -0.4 is 10.6 Å². The van der Waals surface area contributed by atoms with Crippen molar-refractivity contribution < 1.29 is 14.7 Å². The molecule has 0 radical (unpaired) electrons. The fourth-order valence-corrected chi connectivity index (χ4v) is 3.02. The summed E-state index contributed by atoms with van der Waals surface area (Å²) in [5.41, 5.74) is -0.505. The Labute approximate surface area is 132 Å². The topological polar surface area (TPSA) is 78.4 Å². The molecule has 1 aromatic rings. The number of anilines is 1. The molecule has 21 heavy (non-hydrogen) atoms. The average molecular weight is 331 g/mol. The second-order valence-electron chi connectivity index (χ2n) is 5.39. The van der Waals surface area contributed by atoms with Crippen LogP contribution in [0.3, 0.4) is 0 Å². The maximum Gasteiger partial charge on any atom is 0.319 e. The molecule has 0 bridgehead atoms. The number of carboxylic acids is 1. The average Bonchev–Trinajstić information content (AvgIpc) is 2.76. The minimum Gasteiger partial charge on any atom is -0.481 e. The van der Waals surface area contributed by atoms with E-state index in [9.17, 15) is 14.7 Å². The highest BCUT2D eigenvalue weighted by molar-refractivity contribution is 6.36. The number of carbonyl (C=O) groups is 2. The van der Waals surface area contributed by atoms with Crippen molar-refractivity contribution >= 4 is 40.9 Å². The monoisotopic (exact) mass is 330 g/mol. The third-order valence-electron chi connectivity index (χ3n) is 3.93. The molecule has 5 nitrogen and oxygen atoms in total. The third-order valence-corrected chi connectivity index (χ3v) is 4.48. The van der Waals surface area contributed by atoms with E-state index >= 15 is 0 Å². The number of hydrogen-bond acceptors (Lipinski definition) is 2. The molecular weight excluding hydrogens is 315 g/mol. The molecule has 2 unspecified atom stereocenters. The van der Waals surface area contributed by atoms with Crippen LogP contribution in [0, 0.1) is 5.41 Å². The predicted molar refractivity (Wildman–Crippen MR) is 82.0 cm³/mol. The van der Waals surface area contributed by atoms with Gasteiger partial charge in [-0.2, -0.15) is 0 Å². The zero-order chi connectivity index (χ0) is 15.6. The Balaban J connectivity index is 2.03. The largest absolute Gasteiger partial charge is 0.481 e. The highest BCUT2D eigenvalue weighted by atomic mass is 35.5. The Kier molecular flexibility index (Phi) is 4.64. The molecule has 0 saturated heterocycles. The number of amides is 2. The van der Waals surface area contributed by atoms with E-state index in [1.165, 1.54) is 6.07 Å². The molecular formula is C14H16Cl2N2O3. The lowest BCUT2D eigenvalue weighted by atomic mass is 9.85. The van der Waals surface area contributed by atoms with Crippen molar-refractivity contribution in [2.24, 2.45) is 5.41 Å². The van der Waals surface area contributed by atoms with Crippen molar-refractivity contribution in [3.8, 4) is 0 Å². The molecule has 2 amide bonds. The van der Waals surface area contributed by atoms with Crippen LogP contribution in [0.25, 0.3) is 0 Å². The van der Waals surface area contributed by atoms with Crippen LogP contribution in [0.5, 0.6) is 0 Å². The van der Waals surface area contributed by atoms with Crippen LogP contribution in [0.4, 0.5) is 10.5 Å². The Bertz CT molecular complexity index is 579. The maximum absolute atomic E-state index is 12.0. The number of hydrogen-bond donors (Lipinski definition) is 3. The van der Waals surface area contributed by atoms with E-state index < -0.39 is 23.5 Å². The van der Waals surface area contributed by atoms with Crippen LogP contribution in [0.15, 0.2) is 18.2 Å². The fourth-order valence-electron chi connectivity index (χ4n) is 2.56. The summed E-state index contributed by atoms with van der Waals surface area (Å²) in [4.78, 5) is 23.4. The van der Waals surface area contributed by atoms with Crippen molar-refractivity contribution in [2.45, 2.75) is 32.2 Å². The van der Waals surface area contributed by atoms with Gasteiger partial charge in [-0.1, -0.05) is 29.6 Å². The minimum absolute atomic E-state index is 0.324. The molecule has 1 aromatic carbocycles. The number of rotatable bonds is 3. The van der Waals surface area contributed by atoms with Crippen LogP contribution in [-0.4, -0.2) is 23.1 Å². The van der Waals surface area contributed by atoms with Crippen molar-refractivity contribution in [3.05, 3.63) is 28.2 Å². The first-order valence-corrected chi connectivity index (χ1v) is 7.34. The molecule has 2 rings (SSSR count). The fraction of sp³-hybridized carbons (Fsp3) is 0.429. The third kappa shape index (κ3) is 3.41. The number of urea groups is 1. The standard InChI is InChI=1S/C14H16Cl2N2O3/c1-14(12(19)20)6-2-3-11(14)18-13(21)17-10-5-4-8(15)7-9(10)16/h4-5,7,11H,2-3,6H2,1H3,(H,19,20)(H2,17,18,21). The normalized spacial score (nSPS) is 24.6. The molecule has 2 atom stereocenters. The first-order valence-electron chi connectivity index (χ1n) is 6.59. The van der Waals surface area contributed by atoms with Crippen molar-refractivity contribution in [1.29, 1.82) is 0 Å². The molecule has 1 fully saturated rings. The van der Waals surface area contributed by atoms with Gasteiger partial charge in [-0.25, -0.2) is 4.79 Å². The molecule has 3 N–H and O–H groups in total. The molecule has 1 aliphatic carbocycles. The number of benzene rings is 1. The summed E-state index contributed by atoms with van der Waals surface area (Å²) in [6.45, 7) is 1.66. The molecule has 0 aliphatic heterocycles. The molecule has 7 heteroatoms. The number of carboxylic acid groups (broad SMARTS) is 1. The second-order valence-corrected chi connectivity index (χ2v) is 6.23. The quantitative estimate of drug-likeness (QED) is 0.789. The van der Waals surface area contributed by atoms with Gasteiger partial charge >= 0.3 is 12.0 Å². The summed E-state index contributed by atoms with van der Waals surface area (Å²) >= 11 is 11.8. The smallest absolute Gasteiger partial charge is 0.319 e.